The Morgan fingerprint density at radius 2 is 2.25 bits per heavy atom. The van der Waals surface area contributed by atoms with Crippen LogP contribution in [-0.2, 0) is 6.54 Å². The molecule has 0 unspecified atom stereocenters. The molecule has 0 aliphatic carbocycles. The molecule has 1 rings (SSSR count). The molecule has 1 aromatic rings. The summed E-state index contributed by atoms with van der Waals surface area (Å²) in [6.45, 7) is 5.31. The predicted molar refractivity (Wildman–Crippen MR) is 54.2 cm³/mol. The van der Waals surface area contributed by atoms with Gasteiger partial charge in [-0.25, -0.2) is 4.98 Å². The maximum Gasteiger partial charge on any atom is 0.177 e. The molecular weight excluding hydrogens is 216 g/mol. The van der Waals surface area contributed by atoms with E-state index in [2.05, 4.69) is 38.6 Å². The van der Waals surface area contributed by atoms with E-state index in [1.165, 1.54) is 19.3 Å². The van der Waals surface area contributed by atoms with Crippen molar-refractivity contribution in [1.29, 1.82) is 0 Å². The molecule has 0 aliphatic heterocycles. The first kappa shape index (κ1) is 9.78. The van der Waals surface area contributed by atoms with Gasteiger partial charge in [-0.15, -0.1) is 0 Å². The van der Waals surface area contributed by atoms with Crippen LogP contribution in [0.4, 0.5) is 0 Å². The Morgan fingerprint density at radius 1 is 1.50 bits per heavy atom. The van der Waals surface area contributed by atoms with Gasteiger partial charge in [0.25, 0.3) is 0 Å². The van der Waals surface area contributed by atoms with E-state index in [0.717, 1.165) is 17.0 Å². The van der Waals surface area contributed by atoms with Crippen molar-refractivity contribution in [1.82, 2.24) is 9.55 Å². The van der Waals surface area contributed by atoms with E-state index in [0.29, 0.717) is 0 Å². The normalized spacial score (nSPS) is 10.6. The third-order valence-corrected chi connectivity index (χ3v) is 2.48. The zero-order valence-corrected chi connectivity index (χ0v) is 9.26. The molecule has 0 spiro atoms. The van der Waals surface area contributed by atoms with Crippen LogP contribution in [0.5, 0.6) is 0 Å². The van der Waals surface area contributed by atoms with Gasteiger partial charge in [0.2, 0.25) is 0 Å². The van der Waals surface area contributed by atoms with Crippen LogP contribution in [0.3, 0.4) is 0 Å². The monoisotopic (exact) mass is 230 g/mol. The number of aryl methyl sites for hydroxylation is 2. The van der Waals surface area contributed by atoms with Gasteiger partial charge in [-0.3, -0.25) is 0 Å². The molecule has 0 N–H and O–H groups in total. The molecule has 0 radical (unpaired) electrons. The first-order valence-electron chi connectivity index (χ1n) is 4.43. The minimum atomic E-state index is 0.955. The fraction of sp³-hybridized carbons (Fsp3) is 0.667. The molecule has 0 aliphatic rings. The van der Waals surface area contributed by atoms with E-state index in [-0.39, 0.29) is 0 Å². The molecule has 0 fully saturated rings. The SMILES string of the molecule is CCCCCn1cc(C)nc1Br. The van der Waals surface area contributed by atoms with Gasteiger partial charge in [0.15, 0.2) is 4.73 Å². The van der Waals surface area contributed by atoms with Crippen LogP contribution in [0.25, 0.3) is 0 Å². The summed E-state index contributed by atoms with van der Waals surface area (Å²) in [4.78, 5) is 4.27. The van der Waals surface area contributed by atoms with Crippen LogP contribution in [-0.4, -0.2) is 9.55 Å². The van der Waals surface area contributed by atoms with Crippen LogP contribution in [0.1, 0.15) is 31.9 Å². The summed E-state index contributed by atoms with van der Waals surface area (Å²) >= 11 is 3.42. The van der Waals surface area contributed by atoms with Crippen LogP contribution in [0, 0.1) is 6.92 Å². The summed E-state index contributed by atoms with van der Waals surface area (Å²) in [6, 6.07) is 0. The van der Waals surface area contributed by atoms with Crippen molar-refractivity contribution in [2.45, 2.75) is 39.7 Å². The lowest BCUT2D eigenvalue weighted by Crippen LogP contribution is -1.96. The van der Waals surface area contributed by atoms with Gasteiger partial charge in [-0.1, -0.05) is 19.8 Å². The molecule has 1 heterocycles. The first-order chi connectivity index (χ1) is 5.74. The van der Waals surface area contributed by atoms with Crippen molar-refractivity contribution in [3.63, 3.8) is 0 Å². The Labute approximate surface area is 82.1 Å². The quantitative estimate of drug-likeness (QED) is 0.728. The van der Waals surface area contributed by atoms with E-state index in [4.69, 9.17) is 0 Å². The molecule has 0 atom stereocenters. The Morgan fingerprint density at radius 3 is 2.75 bits per heavy atom. The van der Waals surface area contributed by atoms with E-state index in [1.54, 1.807) is 0 Å². The van der Waals surface area contributed by atoms with Crippen LogP contribution in [0.2, 0.25) is 0 Å². The summed E-state index contributed by atoms with van der Waals surface area (Å²) in [5, 5.41) is 0. The van der Waals surface area contributed by atoms with E-state index in [9.17, 15) is 0 Å². The number of nitrogens with zero attached hydrogens (tertiary/aromatic N) is 2. The zero-order chi connectivity index (χ0) is 8.97. The number of hydrogen-bond donors (Lipinski definition) is 0. The second-order valence-corrected chi connectivity index (χ2v) is 3.76. The number of halogens is 1. The Kier molecular flexibility index (Phi) is 3.79. The van der Waals surface area contributed by atoms with E-state index < -0.39 is 0 Å². The van der Waals surface area contributed by atoms with Crippen molar-refractivity contribution in [3.05, 3.63) is 16.6 Å². The first-order valence-corrected chi connectivity index (χ1v) is 5.22. The molecule has 3 heteroatoms. The van der Waals surface area contributed by atoms with Gasteiger partial charge < -0.3 is 4.57 Å². The maximum absolute atomic E-state index is 4.27. The molecule has 0 amide bonds. The van der Waals surface area contributed by atoms with E-state index >= 15 is 0 Å². The molecule has 12 heavy (non-hydrogen) atoms. The van der Waals surface area contributed by atoms with Gasteiger partial charge in [0.05, 0.1) is 5.69 Å². The molecule has 0 saturated carbocycles. The van der Waals surface area contributed by atoms with E-state index in [1.807, 2.05) is 6.92 Å². The predicted octanol–water partition coefficient (Wildman–Crippen LogP) is 3.14. The molecular formula is C9H15BrN2. The Hall–Kier alpha value is -0.310. The third kappa shape index (κ3) is 2.63. The number of aromatic nitrogens is 2. The van der Waals surface area contributed by atoms with Gasteiger partial charge in [-0.05, 0) is 29.3 Å². The second-order valence-electron chi connectivity index (χ2n) is 3.05. The van der Waals surface area contributed by atoms with Crippen LogP contribution in [0.15, 0.2) is 10.9 Å². The van der Waals surface area contributed by atoms with Crippen LogP contribution < -0.4 is 0 Å². The van der Waals surface area contributed by atoms with Crippen molar-refractivity contribution in [2.24, 2.45) is 0 Å². The maximum atomic E-state index is 4.27. The second kappa shape index (κ2) is 4.65. The molecule has 0 aromatic carbocycles. The van der Waals surface area contributed by atoms with Gasteiger partial charge in [-0.2, -0.15) is 0 Å². The Bertz CT molecular complexity index is 243. The lowest BCUT2D eigenvalue weighted by molar-refractivity contribution is 0.593. The van der Waals surface area contributed by atoms with Crippen molar-refractivity contribution in [3.8, 4) is 0 Å². The molecule has 1 aromatic heterocycles. The standard InChI is InChI=1S/C9H15BrN2/c1-3-4-5-6-12-7-8(2)11-9(12)10/h7H,3-6H2,1-2H3. The molecule has 0 saturated heterocycles. The number of imidazole rings is 1. The molecule has 68 valence electrons. The smallest absolute Gasteiger partial charge is 0.177 e. The van der Waals surface area contributed by atoms with Gasteiger partial charge in [0.1, 0.15) is 0 Å². The minimum absolute atomic E-state index is 0.955. The Balaban J connectivity index is 2.45. The topological polar surface area (TPSA) is 17.8 Å². The van der Waals surface area contributed by atoms with Gasteiger partial charge >= 0.3 is 0 Å². The third-order valence-electron chi connectivity index (χ3n) is 1.85. The highest BCUT2D eigenvalue weighted by Gasteiger charge is 2.00. The molecule has 0 bridgehead atoms. The summed E-state index contributed by atoms with van der Waals surface area (Å²) in [7, 11) is 0. The average Bonchev–Trinajstić information content (AvgIpc) is 2.31. The summed E-state index contributed by atoms with van der Waals surface area (Å²) in [6.07, 6.45) is 5.89. The molecule has 2 nitrogen and oxygen atoms in total. The highest BCUT2D eigenvalue weighted by atomic mass is 79.9. The summed E-state index contributed by atoms with van der Waals surface area (Å²) < 4.78 is 3.11. The van der Waals surface area contributed by atoms with Crippen molar-refractivity contribution < 1.29 is 0 Å². The zero-order valence-electron chi connectivity index (χ0n) is 7.68. The van der Waals surface area contributed by atoms with Crippen molar-refractivity contribution in [2.75, 3.05) is 0 Å². The number of rotatable bonds is 4. The highest BCUT2D eigenvalue weighted by Crippen LogP contribution is 2.11. The fourth-order valence-corrected chi connectivity index (χ4v) is 1.77. The van der Waals surface area contributed by atoms with Crippen molar-refractivity contribution >= 4 is 15.9 Å². The lowest BCUT2D eigenvalue weighted by atomic mass is 10.2. The summed E-state index contributed by atoms with van der Waals surface area (Å²) in [5.41, 5.74) is 1.08. The fourth-order valence-electron chi connectivity index (χ4n) is 1.21. The summed E-state index contributed by atoms with van der Waals surface area (Å²) in [5.74, 6) is 0. The largest absolute Gasteiger partial charge is 0.325 e. The lowest BCUT2D eigenvalue weighted by Gasteiger charge is -2.01. The average molecular weight is 231 g/mol. The number of hydrogen-bond acceptors (Lipinski definition) is 1. The highest BCUT2D eigenvalue weighted by molar-refractivity contribution is 9.10. The van der Waals surface area contributed by atoms with Crippen LogP contribution >= 0.6 is 15.9 Å². The minimum Gasteiger partial charge on any atom is -0.325 e. The van der Waals surface area contributed by atoms with Gasteiger partial charge in [0, 0.05) is 12.7 Å². The number of unbranched alkanes of at least 4 members (excludes halogenated alkanes) is 2.